The van der Waals surface area contributed by atoms with E-state index >= 15 is 0 Å². The van der Waals surface area contributed by atoms with E-state index in [0.29, 0.717) is 13.0 Å². The summed E-state index contributed by atoms with van der Waals surface area (Å²) < 4.78 is 0. The lowest BCUT2D eigenvalue weighted by Crippen LogP contribution is -2.42. The van der Waals surface area contributed by atoms with E-state index in [9.17, 15) is 0 Å². The van der Waals surface area contributed by atoms with Crippen LogP contribution in [0.4, 0.5) is 11.6 Å². The summed E-state index contributed by atoms with van der Waals surface area (Å²) in [6.07, 6.45) is 0.711. The number of hydrogen-bond acceptors (Lipinski definition) is 5. The minimum atomic E-state index is 0.0815. The molecule has 0 amide bonds. The van der Waals surface area contributed by atoms with Crippen molar-refractivity contribution in [3.05, 3.63) is 47.3 Å². The fourth-order valence-corrected chi connectivity index (χ4v) is 3.40. The fourth-order valence-electron chi connectivity index (χ4n) is 3.40. The first-order valence-corrected chi connectivity index (χ1v) is 8.53. The number of nitrogens with one attached hydrogen (secondary N) is 1. The number of aryl methyl sites for hydroxylation is 1. The quantitative estimate of drug-likeness (QED) is 0.827. The van der Waals surface area contributed by atoms with E-state index < -0.39 is 0 Å². The monoisotopic (exact) mass is 326 g/mol. The lowest BCUT2D eigenvalue weighted by Gasteiger charge is -2.40. The Hall–Kier alpha value is -2.14. The zero-order chi connectivity index (χ0) is 17.2. The number of nitrogens with zero attached hydrogens (tertiary/aromatic N) is 3. The molecule has 1 aromatic carbocycles. The Morgan fingerprint density at radius 3 is 2.83 bits per heavy atom. The Balaban J connectivity index is 1.87. The maximum Gasteiger partial charge on any atom is 0.134 e. The third-order valence-electron chi connectivity index (χ3n) is 4.48. The van der Waals surface area contributed by atoms with Gasteiger partial charge in [0.15, 0.2) is 0 Å². The van der Waals surface area contributed by atoms with Gasteiger partial charge in [-0.2, -0.15) is 0 Å². The summed E-state index contributed by atoms with van der Waals surface area (Å²) in [6.45, 7) is 9.17. The first-order chi connectivity index (χ1) is 11.5. The SMILES string of the molecule is Cc1nc(NCCCO)cc(N2Cc3ccccc3C(C)(C)C2)n1. The third kappa shape index (κ3) is 3.51. The molecule has 0 aliphatic carbocycles. The van der Waals surface area contributed by atoms with E-state index in [4.69, 9.17) is 5.11 Å². The molecule has 128 valence electrons. The van der Waals surface area contributed by atoms with Crippen LogP contribution in [0.2, 0.25) is 0 Å². The van der Waals surface area contributed by atoms with Gasteiger partial charge in [0.2, 0.25) is 0 Å². The summed E-state index contributed by atoms with van der Waals surface area (Å²) >= 11 is 0. The Kier molecular flexibility index (Phi) is 4.71. The van der Waals surface area contributed by atoms with E-state index in [1.807, 2.05) is 13.0 Å². The van der Waals surface area contributed by atoms with Crippen LogP contribution in [0.1, 0.15) is 37.2 Å². The summed E-state index contributed by atoms with van der Waals surface area (Å²) in [5.74, 6) is 2.54. The molecule has 0 spiro atoms. The molecular formula is C19H26N4O. The van der Waals surface area contributed by atoms with Crippen LogP contribution in [-0.4, -0.2) is 34.8 Å². The number of anilines is 2. The van der Waals surface area contributed by atoms with Crippen LogP contribution in [0.5, 0.6) is 0 Å². The number of aliphatic hydroxyl groups excluding tert-OH is 1. The Morgan fingerprint density at radius 2 is 2.04 bits per heavy atom. The van der Waals surface area contributed by atoms with Crippen molar-refractivity contribution in [2.75, 3.05) is 29.9 Å². The van der Waals surface area contributed by atoms with E-state index in [-0.39, 0.29) is 12.0 Å². The fraction of sp³-hybridized carbons (Fsp3) is 0.474. The van der Waals surface area contributed by atoms with Gasteiger partial charge in [-0.05, 0) is 24.5 Å². The topological polar surface area (TPSA) is 61.3 Å². The van der Waals surface area contributed by atoms with Gasteiger partial charge in [0, 0.05) is 37.7 Å². The van der Waals surface area contributed by atoms with Crippen LogP contribution >= 0.6 is 0 Å². The van der Waals surface area contributed by atoms with Gasteiger partial charge in [-0.3, -0.25) is 0 Å². The molecule has 2 aromatic rings. The van der Waals surface area contributed by atoms with Crippen molar-refractivity contribution in [1.29, 1.82) is 0 Å². The zero-order valence-electron chi connectivity index (χ0n) is 14.7. The van der Waals surface area contributed by atoms with Gasteiger partial charge >= 0.3 is 0 Å². The highest BCUT2D eigenvalue weighted by atomic mass is 16.3. The molecule has 0 bridgehead atoms. The van der Waals surface area contributed by atoms with Crippen molar-refractivity contribution in [1.82, 2.24) is 9.97 Å². The second-order valence-electron chi connectivity index (χ2n) is 7.06. The van der Waals surface area contributed by atoms with Gasteiger partial charge in [-0.15, -0.1) is 0 Å². The maximum absolute atomic E-state index is 8.93. The van der Waals surface area contributed by atoms with Gasteiger partial charge in [0.1, 0.15) is 17.5 Å². The minimum absolute atomic E-state index is 0.0815. The smallest absolute Gasteiger partial charge is 0.134 e. The van der Waals surface area contributed by atoms with Crippen molar-refractivity contribution >= 4 is 11.6 Å². The molecule has 0 atom stereocenters. The Morgan fingerprint density at radius 1 is 1.25 bits per heavy atom. The van der Waals surface area contributed by atoms with Crippen molar-refractivity contribution in [3.8, 4) is 0 Å². The highest BCUT2D eigenvalue weighted by Gasteiger charge is 2.32. The molecule has 5 heteroatoms. The Bertz CT molecular complexity index is 714. The molecule has 0 fully saturated rings. The summed E-state index contributed by atoms with van der Waals surface area (Å²) in [5.41, 5.74) is 2.87. The van der Waals surface area contributed by atoms with E-state index in [0.717, 1.165) is 30.5 Å². The average Bonchev–Trinajstić information content (AvgIpc) is 2.54. The van der Waals surface area contributed by atoms with Crippen molar-refractivity contribution < 1.29 is 5.11 Å². The number of benzene rings is 1. The highest BCUT2D eigenvalue weighted by Crippen LogP contribution is 2.35. The summed E-state index contributed by atoms with van der Waals surface area (Å²) in [6, 6.07) is 10.7. The first-order valence-electron chi connectivity index (χ1n) is 8.53. The predicted molar refractivity (Wildman–Crippen MR) is 97.5 cm³/mol. The van der Waals surface area contributed by atoms with Gasteiger partial charge in [0.25, 0.3) is 0 Å². The summed E-state index contributed by atoms with van der Waals surface area (Å²) in [5, 5.41) is 12.2. The second kappa shape index (κ2) is 6.77. The molecule has 1 aliphatic heterocycles. The molecular weight excluding hydrogens is 300 g/mol. The van der Waals surface area contributed by atoms with E-state index in [1.54, 1.807) is 0 Å². The standard InChI is InChI=1S/C19H26N4O/c1-14-21-17(20-9-6-10-24)11-18(22-14)23-12-15-7-4-5-8-16(15)19(2,3)13-23/h4-5,7-8,11,24H,6,9-10,12-13H2,1-3H3,(H,20,21,22). The number of aliphatic hydroxyl groups is 1. The van der Waals surface area contributed by atoms with Gasteiger partial charge in [-0.25, -0.2) is 9.97 Å². The van der Waals surface area contributed by atoms with Crippen molar-refractivity contribution in [2.45, 2.75) is 39.2 Å². The predicted octanol–water partition coefficient (Wildman–Crippen LogP) is 2.88. The molecule has 0 saturated carbocycles. The maximum atomic E-state index is 8.93. The van der Waals surface area contributed by atoms with Crippen molar-refractivity contribution in [2.24, 2.45) is 0 Å². The zero-order valence-corrected chi connectivity index (χ0v) is 14.7. The minimum Gasteiger partial charge on any atom is -0.396 e. The van der Waals surface area contributed by atoms with Crippen LogP contribution in [0.25, 0.3) is 0 Å². The van der Waals surface area contributed by atoms with Crippen LogP contribution < -0.4 is 10.2 Å². The molecule has 0 saturated heterocycles. The first kappa shape index (κ1) is 16.7. The molecule has 1 aromatic heterocycles. The summed E-state index contributed by atoms with van der Waals surface area (Å²) in [4.78, 5) is 11.4. The number of hydrogen-bond donors (Lipinski definition) is 2. The van der Waals surface area contributed by atoms with Gasteiger partial charge in [0.05, 0.1) is 0 Å². The average molecular weight is 326 g/mol. The van der Waals surface area contributed by atoms with Gasteiger partial charge in [-0.1, -0.05) is 38.1 Å². The lowest BCUT2D eigenvalue weighted by atomic mass is 9.78. The van der Waals surface area contributed by atoms with E-state index in [1.165, 1.54) is 11.1 Å². The lowest BCUT2D eigenvalue weighted by molar-refractivity contribution is 0.292. The molecule has 1 aliphatic rings. The van der Waals surface area contributed by atoms with Crippen LogP contribution in [0.15, 0.2) is 30.3 Å². The van der Waals surface area contributed by atoms with Crippen LogP contribution in [0, 0.1) is 6.92 Å². The Labute approximate surface area is 143 Å². The molecule has 3 rings (SSSR count). The van der Waals surface area contributed by atoms with Gasteiger partial charge < -0.3 is 15.3 Å². The normalized spacial score (nSPS) is 15.9. The van der Waals surface area contributed by atoms with Crippen LogP contribution in [-0.2, 0) is 12.0 Å². The van der Waals surface area contributed by atoms with E-state index in [2.05, 4.69) is 58.3 Å². The van der Waals surface area contributed by atoms with Crippen LogP contribution in [0.3, 0.4) is 0 Å². The molecule has 2 N–H and O–H groups in total. The number of aromatic nitrogens is 2. The van der Waals surface area contributed by atoms with Crippen molar-refractivity contribution in [3.63, 3.8) is 0 Å². The largest absolute Gasteiger partial charge is 0.396 e. The molecule has 24 heavy (non-hydrogen) atoms. The highest BCUT2D eigenvalue weighted by molar-refractivity contribution is 5.53. The summed E-state index contributed by atoms with van der Waals surface area (Å²) in [7, 11) is 0. The second-order valence-corrected chi connectivity index (χ2v) is 7.06. The molecule has 0 unspecified atom stereocenters. The molecule has 0 radical (unpaired) electrons. The number of fused-ring (bicyclic) bond motifs is 1. The third-order valence-corrected chi connectivity index (χ3v) is 4.48. The molecule has 5 nitrogen and oxygen atoms in total. The molecule has 2 heterocycles. The number of rotatable bonds is 5.